The number of hydrogen-bond acceptors (Lipinski definition) is 3. The maximum Gasteiger partial charge on any atom is 0.257 e. The third-order valence-electron chi connectivity index (χ3n) is 2.83. The van der Waals surface area contributed by atoms with Crippen LogP contribution in [0.15, 0.2) is 18.2 Å². The lowest BCUT2D eigenvalue weighted by molar-refractivity contribution is 0.0907. The molecule has 0 heterocycles. The number of hydrogen-bond donors (Lipinski definition) is 2. The van der Waals surface area contributed by atoms with Crippen LogP contribution >= 0.6 is 0 Å². The Balaban J connectivity index is 2.97. The first-order valence-electron chi connectivity index (χ1n) is 6.16. The molecule has 0 saturated carbocycles. The van der Waals surface area contributed by atoms with E-state index < -0.39 is 0 Å². The summed E-state index contributed by atoms with van der Waals surface area (Å²) < 4.78 is 5.18. The van der Waals surface area contributed by atoms with Gasteiger partial charge in [0.2, 0.25) is 0 Å². The topological polar surface area (TPSA) is 64.4 Å². The molecule has 0 spiro atoms. The van der Waals surface area contributed by atoms with E-state index in [4.69, 9.17) is 10.5 Å². The van der Waals surface area contributed by atoms with Crippen molar-refractivity contribution in [3.8, 4) is 5.75 Å². The first-order valence-corrected chi connectivity index (χ1v) is 6.16. The highest BCUT2D eigenvalue weighted by molar-refractivity contribution is 6.02. The second kappa shape index (κ2) is 5.76. The number of rotatable bonds is 5. The number of carbonyl (C=O) groups is 1. The Morgan fingerprint density at radius 1 is 1.44 bits per heavy atom. The first-order chi connectivity index (χ1) is 8.41. The molecule has 100 valence electrons. The number of nitrogen functional groups attached to an aromatic ring is 1. The molecule has 0 aliphatic rings. The van der Waals surface area contributed by atoms with Gasteiger partial charge in [-0.15, -0.1) is 0 Å². The van der Waals surface area contributed by atoms with E-state index in [2.05, 4.69) is 12.2 Å². The molecule has 1 amide bonds. The Morgan fingerprint density at radius 3 is 2.67 bits per heavy atom. The monoisotopic (exact) mass is 250 g/mol. The number of nitrogens with two attached hydrogens (primary N) is 1. The van der Waals surface area contributed by atoms with Gasteiger partial charge in [-0.2, -0.15) is 0 Å². The van der Waals surface area contributed by atoms with Crippen LogP contribution < -0.4 is 15.8 Å². The molecule has 1 aromatic carbocycles. The molecule has 1 aromatic rings. The minimum absolute atomic E-state index is 0.191. The zero-order chi connectivity index (χ0) is 13.8. The summed E-state index contributed by atoms with van der Waals surface area (Å²) >= 11 is 0. The summed E-state index contributed by atoms with van der Waals surface area (Å²) in [5.41, 5.74) is 6.44. The summed E-state index contributed by atoms with van der Waals surface area (Å²) in [4.78, 5) is 12.3. The van der Waals surface area contributed by atoms with E-state index in [-0.39, 0.29) is 11.4 Å². The molecule has 0 aromatic heterocycles. The van der Waals surface area contributed by atoms with E-state index in [1.165, 1.54) is 7.11 Å². The highest BCUT2D eigenvalue weighted by Gasteiger charge is 2.23. The largest absolute Gasteiger partial charge is 0.496 e. The van der Waals surface area contributed by atoms with Crippen molar-refractivity contribution in [1.82, 2.24) is 5.32 Å². The number of nitrogens with one attached hydrogen (secondary N) is 1. The van der Waals surface area contributed by atoms with Gasteiger partial charge in [-0.25, -0.2) is 0 Å². The van der Waals surface area contributed by atoms with Crippen molar-refractivity contribution in [2.24, 2.45) is 0 Å². The summed E-state index contributed by atoms with van der Waals surface area (Å²) in [6.45, 7) is 6.09. The fourth-order valence-electron chi connectivity index (χ4n) is 2.02. The van der Waals surface area contributed by atoms with Crippen LogP contribution in [0, 0.1) is 0 Å². The quantitative estimate of drug-likeness (QED) is 0.789. The van der Waals surface area contributed by atoms with Gasteiger partial charge in [0.1, 0.15) is 11.3 Å². The van der Waals surface area contributed by atoms with Crippen molar-refractivity contribution in [2.75, 3.05) is 12.8 Å². The van der Waals surface area contributed by atoms with Crippen LogP contribution in [0.4, 0.5) is 5.69 Å². The highest BCUT2D eigenvalue weighted by Crippen LogP contribution is 2.25. The van der Waals surface area contributed by atoms with Crippen molar-refractivity contribution in [3.05, 3.63) is 23.8 Å². The lowest BCUT2D eigenvalue weighted by Gasteiger charge is -2.26. The minimum Gasteiger partial charge on any atom is -0.496 e. The van der Waals surface area contributed by atoms with E-state index in [0.717, 1.165) is 12.8 Å². The lowest BCUT2D eigenvalue weighted by atomic mass is 9.98. The number of benzene rings is 1. The molecular formula is C14H22N2O2. The van der Waals surface area contributed by atoms with Crippen molar-refractivity contribution in [2.45, 2.75) is 39.2 Å². The molecule has 18 heavy (non-hydrogen) atoms. The molecule has 0 bridgehead atoms. The molecule has 3 N–H and O–H groups in total. The third kappa shape index (κ3) is 3.39. The normalized spacial score (nSPS) is 11.1. The molecular weight excluding hydrogens is 228 g/mol. The molecule has 0 unspecified atom stereocenters. The van der Waals surface area contributed by atoms with Gasteiger partial charge in [-0.3, -0.25) is 4.79 Å². The molecule has 0 saturated heterocycles. The minimum atomic E-state index is -0.251. The predicted molar refractivity (Wildman–Crippen MR) is 73.9 cm³/mol. The second-order valence-corrected chi connectivity index (χ2v) is 5.01. The maximum absolute atomic E-state index is 12.3. The molecule has 0 radical (unpaired) electrons. The van der Waals surface area contributed by atoms with E-state index in [1.807, 2.05) is 13.8 Å². The van der Waals surface area contributed by atoms with E-state index in [9.17, 15) is 4.79 Å². The van der Waals surface area contributed by atoms with Crippen LogP contribution in [-0.4, -0.2) is 18.6 Å². The van der Waals surface area contributed by atoms with Crippen molar-refractivity contribution < 1.29 is 9.53 Å². The Bertz CT molecular complexity index is 428. The summed E-state index contributed by atoms with van der Waals surface area (Å²) in [5, 5.41) is 2.99. The average Bonchev–Trinajstić information content (AvgIpc) is 2.27. The lowest BCUT2D eigenvalue weighted by Crippen LogP contribution is -2.43. The van der Waals surface area contributed by atoms with Gasteiger partial charge in [-0.05, 0) is 32.4 Å². The predicted octanol–water partition coefficient (Wildman–Crippen LogP) is 2.59. The molecule has 4 nitrogen and oxygen atoms in total. The van der Waals surface area contributed by atoms with Crippen LogP contribution in [0.5, 0.6) is 5.75 Å². The van der Waals surface area contributed by atoms with E-state index >= 15 is 0 Å². The molecule has 0 aliphatic heterocycles. The smallest absolute Gasteiger partial charge is 0.257 e. The third-order valence-corrected chi connectivity index (χ3v) is 2.83. The molecule has 0 aliphatic carbocycles. The highest BCUT2D eigenvalue weighted by atomic mass is 16.5. The van der Waals surface area contributed by atoms with Crippen molar-refractivity contribution >= 4 is 11.6 Å². The number of methoxy groups -OCH3 is 1. The number of anilines is 1. The first kappa shape index (κ1) is 14.4. The Kier molecular flexibility index (Phi) is 4.59. The Labute approximate surface area is 109 Å². The second-order valence-electron chi connectivity index (χ2n) is 5.01. The zero-order valence-electron chi connectivity index (χ0n) is 11.5. The fraction of sp³-hybridized carbons (Fsp3) is 0.500. The molecule has 0 atom stereocenters. The number of carbonyl (C=O) groups excluding carboxylic acids is 1. The SMILES string of the molecule is CCCC(C)(C)NC(=O)c1c(N)cccc1OC. The summed E-state index contributed by atoms with van der Waals surface area (Å²) in [5.74, 6) is 0.309. The van der Waals surface area contributed by atoms with Gasteiger partial charge in [0.15, 0.2) is 0 Å². The van der Waals surface area contributed by atoms with Crippen LogP contribution in [0.1, 0.15) is 44.0 Å². The number of ether oxygens (including phenoxy) is 1. The summed E-state index contributed by atoms with van der Waals surface area (Å²) in [7, 11) is 1.53. The zero-order valence-corrected chi connectivity index (χ0v) is 11.5. The van der Waals surface area contributed by atoms with Gasteiger partial charge in [0.05, 0.1) is 7.11 Å². The van der Waals surface area contributed by atoms with Crippen LogP contribution in [-0.2, 0) is 0 Å². The number of amides is 1. The van der Waals surface area contributed by atoms with Gasteiger partial charge in [0, 0.05) is 11.2 Å². The van der Waals surface area contributed by atoms with Crippen molar-refractivity contribution in [1.29, 1.82) is 0 Å². The standard InChI is InChI=1S/C14H22N2O2/c1-5-9-14(2,3)16-13(17)12-10(15)7-6-8-11(12)18-4/h6-8H,5,9,15H2,1-4H3,(H,16,17). The van der Waals surface area contributed by atoms with Gasteiger partial charge < -0.3 is 15.8 Å². The fourth-order valence-corrected chi connectivity index (χ4v) is 2.02. The van der Waals surface area contributed by atoms with Gasteiger partial charge >= 0.3 is 0 Å². The van der Waals surface area contributed by atoms with Gasteiger partial charge in [0.25, 0.3) is 5.91 Å². The van der Waals surface area contributed by atoms with E-state index in [0.29, 0.717) is 17.0 Å². The van der Waals surface area contributed by atoms with Gasteiger partial charge in [-0.1, -0.05) is 19.4 Å². The van der Waals surface area contributed by atoms with Crippen LogP contribution in [0.2, 0.25) is 0 Å². The summed E-state index contributed by atoms with van der Waals surface area (Å²) in [6, 6.07) is 5.20. The van der Waals surface area contributed by atoms with Crippen LogP contribution in [0.25, 0.3) is 0 Å². The Hall–Kier alpha value is -1.71. The van der Waals surface area contributed by atoms with E-state index in [1.54, 1.807) is 18.2 Å². The maximum atomic E-state index is 12.3. The molecule has 1 rings (SSSR count). The Morgan fingerprint density at radius 2 is 2.11 bits per heavy atom. The average molecular weight is 250 g/mol. The molecule has 4 heteroatoms. The van der Waals surface area contributed by atoms with Crippen molar-refractivity contribution in [3.63, 3.8) is 0 Å². The molecule has 0 fully saturated rings. The van der Waals surface area contributed by atoms with Crippen LogP contribution in [0.3, 0.4) is 0 Å². The summed E-state index contributed by atoms with van der Waals surface area (Å²) in [6.07, 6.45) is 1.92.